The summed E-state index contributed by atoms with van der Waals surface area (Å²) in [6, 6.07) is 21.1. The topological polar surface area (TPSA) is 147 Å². The van der Waals surface area contributed by atoms with Crippen LogP contribution in [0.15, 0.2) is 94.7 Å². The van der Waals surface area contributed by atoms with Crippen LogP contribution in [-0.2, 0) is 38.2 Å². The first-order valence-corrected chi connectivity index (χ1v) is 13.6. The van der Waals surface area contributed by atoms with E-state index in [1.807, 2.05) is 0 Å². The van der Waals surface area contributed by atoms with Crippen LogP contribution in [0, 0.1) is 0 Å². The van der Waals surface area contributed by atoms with E-state index in [1.165, 1.54) is 12.1 Å². The van der Waals surface area contributed by atoms with Crippen LogP contribution in [-0.4, -0.2) is 34.8 Å². The zero-order chi connectivity index (χ0) is 25.9. The zero-order valence-corrected chi connectivity index (χ0v) is 26.4. The molecule has 38 heavy (non-hydrogen) atoms. The molecule has 13 heteroatoms. The van der Waals surface area contributed by atoms with Gasteiger partial charge in [-0.1, -0.05) is 72.8 Å². The molecule has 0 saturated carbocycles. The molecular weight excluding hydrogens is 552 g/mol. The van der Waals surface area contributed by atoms with E-state index >= 15 is 0 Å². The summed E-state index contributed by atoms with van der Waals surface area (Å²) in [5.41, 5.74) is 7.73. The Hall–Kier alpha value is -1.80. The van der Waals surface area contributed by atoms with Crippen molar-refractivity contribution in [2.24, 2.45) is 5.73 Å². The second-order valence-electron chi connectivity index (χ2n) is 7.87. The first-order chi connectivity index (χ1) is 17.1. The quantitative estimate of drug-likeness (QED) is 0.177. The van der Waals surface area contributed by atoms with Gasteiger partial charge in [0, 0.05) is 17.5 Å². The van der Waals surface area contributed by atoms with E-state index in [2.05, 4.69) is 8.37 Å². The summed E-state index contributed by atoms with van der Waals surface area (Å²) in [7, 11) is -8.91. The molecule has 4 aliphatic carbocycles. The molecule has 9 nitrogen and oxygen atoms in total. The van der Waals surface area contributed by atoms with Crippen molar-refractivity contribution in [3.05, 3.63) is 84.9 Å². The fourth-order valence-corrected chi connectivity index (χ4v) is 5.85. The minimum atomic E-state index is -4.48. The van der Waals surface area contributed by atoms with E-state index in [-0.39, 0.29) is 71.8 Å². The Labute approximate surface area is 268 Å². The minimum Gasteiger partial charge on any atom is -1.00 e. The number of hydrogen-bond donors (Lipinski definition) is 1. The van der Waals surface area contributed by atoms with Crippen molar-refractivity contribution in [2.45, 2.75) is 28.7 Å². The molecule has 0 saturated heterocycles. The molecule has 0 unspecified atom stereocenters. The Bertz CT molecular complexity index is 1600. The van der Waals surface area contributed by atoms with Crippen LogP contribution < -0.4 is 64.8 Å². The molecule has 0 amide bonds. The number of nitrogens with two attached hydrogens (primary N) is 1. The molecule has 1 atom stereocenters. The molecule has 0 spiro atoms. The maximum Gasteiger partial charge on any atom is 1.00 e. The average molecular weight is 576 g/mol. The molecule has 0 bridgehead atoms. The second-order valence-corrected chi connectivity index (χ2v) is 10.9. The third-order valence-electron chi connectivity index (χ3n) is 5.40. The van der Waals surface area contributed by atoms with Gasteiger partial charge in [-0.2, -0.15) is 16.8 Å². The Balaban J connectivity index is 0.00000380. The van der Waals surface area contributed by atoms with Gasteiger partial charge in [0.2, 0.25) is 0 Å². The average Bonchev–Trinajstić information content (AvgIpc) is 3.25. The van der Waals surface area contributed by atoms with Gasteiger partial charge in [-0.15, -0.1) is 0 Å². The monoisotopic (exact) mass is 575 g/mol. The van der Waals surface area contributed by atoms with Crippen molar-refractivity contribution in [3.8, 4) is 22.3 Å². The SMILES string of the molecule is N[C@@H](CCC(=O)OS(=O)(=O)c1ccc2cccccc1-2)C(=O)OS(=O)(=O)c1ccc2cccccc1-2.[H-].[H-].[Na+].[Na+]. The van der Waals surface area contributed by atoms with Crippen LogP contribution in [0.4, 0.5) is 0 Å². The van der Waals surface area contributed by atoms with Crippen LogP contribution in [0.25, 0.3) is 22.3 Å². The number of rotatable bonds is 8. The van der Waals surface area contributed by atoms with Crippen molar-refractivity contribution in [1.82, 2.24) is 0 Å². The number of fused-ring (bicyclic) bond motifs is 2. The first kappa shape index (κ1) is 32.4. The first-order valence-electron chi connectivity index (χ1n) is 10.8. The van der Waals surface area contributed by atoms with Gasteiger partial charge in [0.1, 0.15) is 15.8 Å². The van der Waals surface area contributed by atoms with Crippen LogP contribution >= 0.6 is 0 Å². The predicted molar refractivity (Wildman–Crippen MR) is 132 cm³/mol. The summed E-state index contributed by atoms with van der Waals surface area (Å²) < 4.78 is 59.8. The molecule has 0 radical (unpaired) electrons. The van der Waals surface area contributed by atoms with Gasteiger partial charge >= 0.3 is 91.3 Å². The summed E-state index contributed by atoms with van der Waals surface area (Å²) >= 11 is 0. The molecule has 0 aromatic rings. The van der Waals surface area contributed by atoms with Gasteiger partial charge in [-0.05, 0) is 29.7 Å². The van der Waals surface area contributed by atoms with Crippen molar-refractivity contribution in [1.29, 1.82) is 0 Å². The van der Waals surface area contributed by atoms with Crippen LogP contribution in [0.5, 0.6) is 0 Å². The summed E-state index contributed by atoms with van der Waals surface area (Å²) in [5, 5.41) is 0. The second kappa shape index (κ2) is 13.5. The van der Waals surface area contributed by atoms with E-state index in [1.54, 1.807) is 72.8 Å². The van der Waals surface area contributed by atoms with E-state index < -0.39 is 51.1 Å². The molecule has 190 valence electrons. The van der Waals surface area contributed by atoms with Crippen molar-refractivity contribution in [2.75, 3.05) is 0 Å². The van der Waals surface area contributed by atoms with Gasteiger partial charge in [0.05, 0.1) is 0 Å². The van der Waals surface area contributed by atoms with Crippen molar-refractivity contribution >= 4 is 32.2 Å². The van der Waals surface area contributed by atoms with E-state index in [4.69, 9.17) is 5.73 Å². The summed E-state index contributed by atoms with van der Waals surface area (Å²) in [5.74, 6) is -2.43. The van der Waals surface area contributed by atoms with Gasteiger partial charge in [0.15, 0.2) is 0 Å². The van der Waals surface area contributed by atoms with E-state index in [9.17, 15) is 26.4 Å². The zero-order valence-electron chi connectivity index (χ0n) is 22.7. The Morgan fingerprint density at radius 1 is 0.684 bits per heavy atom. The minimum absolute atomic E-state index is 0. The fraction of sp³-hybridized carbons (Fsp3) is 0.120. The largest absolute Gasteiger partial charge is 1.00 e. The fourth-order valence-electron chi connectivity index (χ4n) is 3.62. The molecule has 0 fully saturated rings. The van der Waals surface area contributed by atoms with Crippen molar-refractivity contribution in [3.63, 3.8) is 0 Å². The van der Waals surface area contributed by atoms with Gasteiger partial charge in [0.25, 0.3) is 0 Å². The summed E-state index contributed by atoms with van der Waals surface area (Å²) in [6.45, 7) is 0. The van der Waals surface area contributed by atoms with Crippen molar-refractivity contribution < 1.29 is 96.8 Å². The summed E-state index contributed by atoms with van der Waals surface area (Å²) in [6.07, 6.45) is -0.951. The Morgan fingerprint density at radius 3 is 1.63 bits per heavy atom. The third kappa shape index (κ3) is 7.44. The Morgan fingerprint density at radius 2 is 1.13 bits per heavy atom. The smallest absolute Gasteiger partial charge is 1.00 e. The Kier molecular flexibility index (Phi) is 11.5. The molecular formula is C25H23NNa2O8S2. The van der Waals surface area contributed by atoms with E-state index in [0.717, 1.165) is 0 Å². The van der Waals surface area contributed by atoms with Gasteiger partial charge < -0.3 is 17.0 Å². The normalized spacial score (nSPS) is 12.1. The molecule has 2 N–H and O–H groups in total. The number of carbonyl (C=O) groups excluding carboxylic acids is 2. The van der Waals surface area contributed by atoms with E-state index in [0.29, 0.717) is 22.3 Å². The van der Waals surface area contributed by atoms with Gasteiger partial charge in [-0.3, -0.25) is 4.79 Å². The molecule has 0 aliphatic heterocycles. The number of carbonyl (C=O) groups is 2. The molecule has 4 rings (SSSR count). The standard InChI is InChI=1S/C25H21NO8S2.2Na.2H/c26-21(25(28)34-36(31,32)23-15-12-18-8-4-2-6-10-20(18)23)13-16-24(27)33-35(29,30)22-14-11-17-7-3-1-5-9-19(17)22;;;;/h1-12,14-15,21H,13,16,26H2;;;;/q;2*+1;2*-1/t21-;;;;/m0..../s1. The molecule has 0 aromatic carbocycles. The van der Waals surface area contributed by atoms with Crippen LogP contribution in [0.3, 0.4) is 0 Å². The van der Waals surface area contributed by atoms with Gasteiger partial charge in [-0.25, -0.2) is 4.79 Å². The number of hydrogen-bond acceptors (Lipinski definition) is 9. The molecule has 4 aliphatic rings. The summed E-state index contributed by atoms with van der Waals surface area (Å²) in [4.78, 5) is 24.1. The van der Waals surface area contributed by atoms with Crippen LogP contribution in [0.2, 0.25) is 0 Å². The maximum absolute atomic E-state index is 12.6. The maximum atomic E-state index is 12.6. The predicted octanol–water partition coefficient (Wildman–Crippen LogP) is -2.60. The molecule has 0 aromatic heterocycles. The molecule has 0 heterocycles. The third-order valence-corrected chi connectivity index (χ3v) is 7.98. The van der Waals surface area contributed by atoms with Crippen LogP contribution in [0.1, 0.15) is 15.7 Å².